The van der Waals surface area contributed by atoms with Crippen molar-refractivity contribution in [2.45, 2.75) is 99.4 Å². The van der Waals surface area contributed by atoms with E-state index in [4.69, 9.17) is 4.74 Å². The molecule has 1 aliphatic heterocycles. The molecule has 4 atom stereocenters. The summed E-state index contributed by atoms with van der Waals surface area (Å²) in [4.78, 5) is 39.9. The number of hydrogen-bond acceptors (Lipinski definition) is 4. The molecule has 2 N–H and O–H groups in total. The Morgan fingerprint density at radius 1 is 1.00 bits per heavy atom. The lowest BCUT2D eigenvalue weighted by Gasteiger charge is -2.35. The van der Waals surface area contributed by atoms with Crippen LogP contribution >= 0.6 is 0 Å². The van der Waals surface area contributed by atoms with Crippen LogP contribution in [-0.2, 0) is 14.3 Å². The van der Waals surface area contributed by atoms with Crippen molar-refractivity contribution in [1.82, 2.24) is 15.5 Å². The lowest BCUT2D eigenvalue weighted by Crippen LogP contribution is -2.58. The third kappa shape index (κ3) is 7.52. The van der Waals surface area contributed by atoms with Crippen molar-refractivity contribution >= 4 is 17.9 Å². The molecule has 29 heavy (non-hydrogen) atoms. The van der Waals surface area contributed by atoms with Crippen LogP contribution in [0.15, 0.2) is 0 Å². The number of rotatable bonds is 5. The molecule has 0 aromatic heterocycles. The predicted molar refractivity (Wildman–Crippen MR) is 114 cm³/mol. The van der Waals surface area contributed by atoms with E-state index in [9.17, 15) is 14.4 Å². The molecule has 0 spiro atoms. The smallest absolute Gasteiger partial charge is 0.328 e. The Morgan fingerprint density at radius 3 is 1.97 bits per heavy atom. The average Bonchev–Trinajstić information content (AvgIpc) is 2.91. The first-order valence-electron chi connectivity index (χ1n) is 10.6. The van der Waals surface area contributed by atoms with Crippen LogP contribution in [0.25, 0.3) is 0 Å². The Bertz CT molecular complexity index is 604. The first-order chi connectivity index (χ1) is 13.0. The third-order valence-electron chi connectivity index (χ3n) is 5.33. The lowest BCUT2D eigenvalue weighted by molar-refractivity contribution is -0.156. The predicted octanol–water partition coefficient (Wildman–Crippen LogP) is 3.32. The molecule has 1 saturated heterocycles. The maximum absolute atomic E-state index is 13.3. The van der Waals surface area contributed by atoms with Crippen LogP contribution < -0.4 is 10.6 Å². The van der Waals surface area contributed by atoms with E-state index in [-0.39, 0.29) is 11.9 Å². The van der Waals surface area contributed by atoms with E-state index in [1.807, 2.05) is 25.7 Å². The minimum atomic E-state index is -0.819. The van der Waals surface area contributed by atoms with E-state index in [1.54, 1.807) is 27.7 Å². The second-order valence-corrected chi connectivity index (χ2v) is 10.8. The minimum Gasteiger partial charge on any atom is -0.458 e. The van der Waals surface area contributed by atoms with Gasteiger partial charge in [-0.25, -0.2) is 9.59 Å². The second-order valence-electron chi connectivity index (χ2n) is 10.8. The van der Waals surface area contributed by atoms with E-state index in [0.717, 1.165) is 6.42 Å². The van der Waals surface area contributed by atoms with Gasteiger partial charge >= 0.3 is 12.0 Å². The Labute approximate surface area is 176 Å². The molecular formula is C22H41N3O4. The number of hydrogen-bond donors (Lipinski definition) is 2. The van der Waals surface area contributed by atoms with Crippen LogP contribution in [0, 0.1) is 17.3 Å². The number of nitrogens with one attached hydrogen (secondary N) is 2. The number of nitrogens with zero attached hydrogens (tertiary/aromatic N) is 1. The molecule has 0 aromatic rings. The van der Waals surface area contributed by atoms with Crippen molar-refractivity contribution in [3.8, 4) is 0 Å². The highest BCUT2D eigenvalue weighted by molar-refractivity contribution is 5.89. The van der Waals surface area contributed by atoms with Crippen molar-refractivity contribution in [2.75, 3.05) is 6.54 Å². The van der Waals surface area contributed by atoms with E-state index < -0.39 is 35.1 Å². The van der Waals surface area contributed by atoms with Crippen molar-refractivity contribution in [3.05, 3.63) is 0 Å². The zero-order valence-electron chi connectivity index (χ0n) is 19.9. The lowest BCUT2D eigenvalue weighted by atomic mass is 9.85. The van der Waals surface area contributed by atoms with E-state index in [1.165, 1.54) is 0 Å². The number of carbonyl (C=O) groups is 3. The monoisotopic (exact) mass is 411 g/mol. The number of esters is 1. The highest BCUT2D eigenvalue weighted by Gasteiger charge is 2.41. The molecule has 1 heterocycles. The number of amides is 3. The molecule has 1 rings (SSSR count). The van der Waals surface area contributed by atoms with Crippen molar-refractivity contribution in [3.63, 3.8) is 0 Å². The highest BCUT2D eigenvalue weighted by atomic mass is 16.6. The molecule has 3 unspecified atom stereocenters. The SMILES string of the molecule is CC(NC(=O)NC(C(=O)N1CC(C(C)C)C[C@H]1C)C(C)(C)C)C(=O)OC(C)(C)C. The number of carbonyl (C=O) groups excluding carboxylic acids is 3. The zero-order chi connectivity index (χ0) is 22.7. The number of ether oxygens (including phenoxy) is 1. The summed E-state index contributed by atoms with van der Waals surface area (Å²) in [6.07, 6.45) is 0.974. The molecule has 3 amide bonds. The summed E-state index contributed by atoms with van der Waals surface area (Å²) in [7, 11) is 0. The summed E-state index contributed by atoms with van der Waals surface area (Å²) in [5.74, 6) is 0.386. The standard InChI is InChI=1S/C22H41N3O4/c1-13(2)16-11-14(3)25(12-16)18(26)17(21(5,6)7)24-20(28)23-15(4)19(27)29-22(8,9)10/h13-17H,11-12H2,1-10H3,(H2,23,24,28)/t14-,15?,16?,17?/m1/s1. The fourth-order valence-electron chi connectivity index (χ4n) is 3.50. The summed E-state index contributed by atoms with van der Waals surface area (Å²) in [6.45, 7) is 19.8. The van der Waals surface area contributed by atoms with Gasteiger partial charge in [0.05, 0.1) is 0 Å². The van der Waals surface area contributed by atoms with Gasteiger partial charge in [-0.1, -0.05) is 34.6 Å². The molecule has 168 valence electrons. The first-order valence-corrected chi connectivity index (χ1v) is 10.6. The Hall–Kier alpha value is -1.79. The second kappa shape index (κ2) is 9.35. The van der Waals surface area contributed by atoms with Gasteiger partial charge in [-0.2, -0.15) is 0 Å². The topological polar surface area (TPSA) is 87.7 Å². The molecule has 1 fully saturated rings. The molecule has 7 nitrogen and oxygen atoms in total. The van der Waals surface area contributed by atoms with Crippen LogP contribution in [0.1, 0.15) is 75.7 Å². The zero-order valence-corrected chi connectivity index (χ0v) is 19.9. The maximum Gasteiger partial charge on any atom is 0.328 e. The quantitative estimate of drug-likeness (QED) is 0.679. The molecule has 7 heteroatoms. The minimum absolute atomic E-state index is 0.0757. The average molecular weight is 412 g/mol. The molecule has 0 bridgehead atoms. The normalized spacial score (nSPS) is 22.2. The first kappa shape index (κ1) is 25.2. The molecule has 0 aromatic carbocycles. The van der Waals surface area contributed by atoms with Crippen molar-refractivity contribution in [2.24, 2.45) is 17.3 Å². The van der Waals surface area contributed by atoms with Gasteiger partial charge < -0.3 is 20.3 Å². The summed E-state index contributed by atoms with van der Waals surface area (Å²) >= 11 is 0. The molecule has 0 radical (unpaired) electrons. The Balaban J connectivity index is 2.83. The van der Waals surface area contributed by atoms with Crippen LogP contribution in [0.2, 0.25) is 0 Å². The van der Waals surface area contributed by atoms with Crippen LogP contribution in [0.5, 0.6) is 0 Å². The number of likely N-dealkylation sites (tertiary alicyclic amines) is 1. The largest absolute Gasteiger partial charge is 0.458 e. The number of urea groups is 1. The third-order valence-corrected chi connectivity index (χ3v) is 5.33. The molecule has 0 saturated carbocycles. The van der Waals surface area contributed by atoms with E-state index in [0.29, 0.717) is 18.4 Å². The fourth-order valence-corrected chi connectivity index (χ4v) is 3.50. The van der Waals surface area contributed by atoms with E-state index >= 15 is 0 Å². The van der Waals surface area contributed by atoms with Gasteiger partial charge in [0.15, 0.2) is 0 Å². The summed E-state index contributed by atoms with van der Waals surface area (Å²) in [5, 5.41) is 5.39. The summed E-state index contributed by atoms with van der Waals surface area (Å²) in [6, 6.07) is -1.92. The summed E-state index contributed by atoms with van der Waals surface area (Å²) < 4.78 is 5.29. The van der Waals surface area contributed by atoms with Gasteiger partial charge in [-0.05, 0) is 58.3 Å². The van der Waals surface area contributed by atoms with Crippen LogP contribution in [0.3, 0.4) is 0 Å². The van der Waals surface area contributed by atoms with Gasteiger partial charge in [0.1, 0.15) is 17.7 Å². The van der Waals surface area contributed by atoms with Crippen molar-refractivity contribution < 1.29 is 19.1 Å². The molecular weight excluding hydrogens is 370 g/mol. The molecule has 0 aliphatic carbocycles. The van der Waals surface area contributed by atoms with E-state index in [2.05, 4.69) is 31.4 Å². The van der Waals surface area contributed by atoms with Gasteiger partial charge in [0, 0.05) is 12.6 Å². The Morgan fingerprint density at radius 2 is 1.55 bits per heavy atom. The van der Waals surface area contributed by atoms with Gasteiger partial charge in [0.25, 0.3) is 0 Å². The Kier molecular flexibility index (Phi) is 8.14. The maximum atomic E-state index is 13.3. The van der Waals surface area contributed by atoms with Gasteiger partial charge in [0.2, 0.25) is 5.91 Å². The molecule has 1 aliphatic rings. The summed E-state index contributed by atoms with van der Waals surface area (Å²) in [5.41, 5.74) is -1.11. The van der Waals surface area contributed by atoms with Crippen LogP contribution in [0.4, 0.5) is 4.79 Å². The van der Waals surface area contributed by atoms with Crippen molar-refractivity contribution in [1.29, 1.82) is 0 Å². The van der Waals surface area contributed by atoms with Gasteiger partial charge in [-0.15, -0.1) is 0 Å². The fraction of sp³-hybridized carbons (Fsp3) is 0.864. The van der Waals surface area contributed by atoms with Crippen LogP contribution in [-0.4, -0.2) is 53.1 Å². The highest BCUT2D eigenvalue weighted by Crippen LogP contribution is 2.31. The van der Waals surface area contributed by atoms with Gasteiger partial charge in [-0.3, -0.25) is 4.79 Å².